The Labute approximate surface area is 99.5 Å². The minimum Gasteiger partial charge on any atom is -0.302 e. The predicted octanol–water partition coefficient (Wildman–Crippen LogP) is 1.41. The van der Waals surface area contributed by atoms with E-state index in [1.165, 1.54) is 0 Å². The highest BCUT2D eigenvalue weighted by Crippen LogP contribution is 2.43. The van der Waals surface area contributed by atoms with E-state index in [0.717, 1.165) is 12.2 Å². The molecule has 0 heterocycles. The number of carbonyl (C=O) groups excluding carboxylic acids is 2. The van der Waals surface area contributed by atoms with Gasteiger partial charge in [0.05, 0.1) is 13.2 Å². The molecule has 0 aliphatic heterocycles. The molecule has 0 aromatic heterocycles. The number of carbonyl (C=O) groups is 2. The van der Waals surface area contributed by atoms with Crippen molar-refractivity contribution in [3.63, 3.8) is 0 Å². The first-order chi connectivity index (χ1) is 7.91. The van der Waals surface area contributed by atoms with Crippen LogP contribution in [0.1, 0.15) is 12.8 Å². The van der Waals surface area contributed by atoms with Gasteiger partial charge >= 0.3 is 7.82 Å². The zero-order valence-electron chi connectivity index (χ0n) is 9.33. The molecule has 0 rings (SSSR count). The van der Waals surface area contributed by atoms with Crippen LogP contribution in [0.15, 0.2) is 25.3 Å². The molecule has 0 unspecified atom stereocenters. The number of allylic oxidation sites excluding steroid dienone is 2. The van der Waals surface area contributed by atoms with Gasteiger partial charge in [0.25, 0.3) is 0 Å². The second-order valence-corrected chi connectivity index (χ2v) is 4.43. The van der Waals surface area contributed by atoms with Crippen molar-refractivity contribution < 1.29 is 28.1 Å². The summed E-state index contributed by atoms with van der Waals surface area (Å²) in [5, 5.41) is 0. The molecule has 1 N–H and O–H groups in total. The van der Waals surface area contributed by atoms with E-state index in [1.54, 1.807) is 0 Å². The molecule has 0 bridgehead atoms. The molecular weight excluding hydrogens is 247 g/mol. The van der Waals surface area contributed by atoms with Gasteiger partial charge in [-0.2, -0.15) is 0 Å². The van der Waals surface area contributed by atoms with E-state index >= 15 is 0 Å². The summed E-state index contributed by atoms with van der Waals surface area (Å²) in [5.41, 5.74) is 0. The van der Waals surface area contributed by atoms with Gasteiger partial charge in [0.2, 0.25) is 0 Å². The molecule has 0 aromatic carbocycles. The van der Waals surface area contributed by atoms with Crippen LogP contribution in [-0.4, -0.2) is 29.7 Å². The van der Waals surface area contributed by atoms with Gasteiger partial charge in [0, 0.05) is 12.8 Å². The van der Waals surface area contributed by atoms with E-state index in [0.29, 0.717) is 0 Å². The second kappa shape index (κ2) is 8.08. The fraction of sp³-hybridized carbons (Fsp3) is 0.400. The van der Waals surface area contributed by atoms with E-state index in [2.05, 4.69) is 22.2 Å². The van der Waals surface area contributed by atoms with Crippen LogP contribution in [0.25, 0.3) is 0 Å². The molecule has 0 aliphatic rings. The van der Waals surface area contributed by atoms with Gasteiger partial charge in [-0.15, -0.1) is 0 Å². The molecule has 96 valence electrons. The van der Waals surface area contributed by atoms with Crippen molar-refractivity contribution >= 4 is 19.4 Å². The van der Waals surface area contributed by atoms with Crippen molar-refractivity contribution in [3.8, 4) is 0 Å². The van der Waals surface area contributed by atoms with Gasteiger partial charge in [-0.3, -0.25) is 18.6 Å². The first-order valence-corrected chi connectivity index (χ1v) is 6.33. The van der Waals surface area contributed by atoms with Gasteiger partial charge in [-0.05, 0) is 12.2 Å². The number of ketones is 2. The molecule has 0 spiro atoms. The molecule has 7 heteroatoms. The van der Waals surface area contributed by atoms with E-state index in [-0.39, 0.29) is 37.6 Å². The average molecular weight is 262 g/mol. The van der Waals surface area contributed by atoms with E-state index in [4.69, 9.17) is 4.89 Å². The van der Waals surface area contributed by atoms with Gasteiger partial charge in [-0.25, -0.2) is 4.57 Å². The van der Waals surface area contributed by atoms with Crippen LogP contribution in [0.3, 0.4) is 0 Å². The molecule has 6 nitrogen and oxygen atoms in total. The number of rotatable bonds is 10. The molecule has 0 aliphatic carbocycles. The lowest BCUT2D eigenvalue weighted by Crippen LogP contribution is -2.04. The highest BCUT2D eigenvalue weighted by atomic mass is 31.2. The largest absolute Gasteiger partial charge is 0.472 e. The maximum atomic E-state index is 11.2. The topological polar surface area (TPSA) is 89.9 Å². The van der Waals surface area contributed by atoms with Crippen LogP contribution < -0.4 is 0 Å². The van der Waals surface area contributed by atoms with Crippen LogP contribution in [0.5, 0.6) is 0 Å². The molecule has 17 heavy (non-hydrogen) atoms. The summed E-state index contributed by atoms with van der Waals surface area (Å²) in [6, 6.07) is 0. The zero-order chi connectivity index (χ0) is 13.3. The average Bonchev–Trinajstić information content (AvgIpc) is 2.27. The van der Waals surface area contributed by atoms with E-state index < -0.39 is 7.82 Å². The molecule has 0 aromatic rings. The first kappa shape index (κ1) is 15.9. The highest BCUT2D eigenvalue weighted by molar-refractivity contribution is 7.47. The van der Waals surface area contributed by atoms with Crippen LogP contribution >= 0.6 is 7.82 Å². The molecule has 0 radical (unpaired) electrons. The Kier molecular flexibility index (Phi) is 7.58. The summed E-state index contributed by atoms with van der Waals surface area (Å²) in [7, 11) is -4.20. The third-order valence-corrected chi connectivity index (χ3v) is 2.68. The number of phosphoric ester groups is 1. The standard InChI is InChI=1S/C10H15O6P/c1-3-9(11)5-7-15-17(13,14)16-8-6-10(12)4-2/h3-4H,1-2,5-8H2,(H,13,14). The number of hydrogen-bond acceptors (Lipinski definition) is 5. The lowest BCUT2D eigenvalue weighted by molar-refractivity contribution is -0.115. The molecule has 0 fully saturated rings. The van der Waals surface area contributed by atoms with Crippen LogP contribution in [-0.2, 0) is 23.2 Å². The van der Waals surface area contributed by atoms with Crippen molar-refractivity contribution in [1.82, 2.24) is 0 Å². The van der Waals surface area contributed by atoms with Gasteiger partial charge in [-0.1, -0.05) is 13.2 Å². The zero-order valence-corrected chi connectivity index (χ0v) is 10.2. The summed E-state index contributed by atoms with van der Waals surface area (Å²) in [6.07, 6.45) is 2.08. The van der Waals surface area contributed by atoms with Gasteiger partial charge in [0.1, 0.15) is 0 Å². The molecule has 0 saturated heterocycles. The molecular formula is C10H15O6P. The van der Waals surface area contributed by atoms with Gasteiger partial charge in [0.15, 0.2) is 11.6 Å². The number of hydrogen-bond donors (Lipinski definition) is 1. The van der Waals surface area contributed by atoms with Crippen LogP contribution in [0.4, 0.5) is 0 Å². The van der Waals surface area contributed by atoms with Crippen LogP contribution in [0.2, 0.25) is 0 Å². The monoisotopic (exact) mass is 262 g/mol. The van der Waals surface area contributed by atoms with Crippen molar-refractivity contribution in [2.24, 2.45) is 0 Å². The first-order valence-electron chi connectivity index (χ1n) is 4.83. The molecule has 0 saturated carbocycles. The SMILES string of the molecule is C=CC(=O)CCOP(=O)(O)OCCC(=O)C=C. The maximum Gasteiger partial charge on any atom is 0.472 e. The van der Waals surface area contributed by atoms with Crippen molar-refractivity contribution in [2.45, 2.75) is 12.8 Å². The highest BCUT2D eigenvalue weighted by Gasteiger charge is 2.21. The molecule has 0 atom stereocenters. The Morgan fingerprint density at radius 1 is 1.06 bits per heavy atom. The van der Waals surface area contributed by atoms with Crippen molar-refractivity contribution in [1.29, 1.82) is 0 Å². The fourth-order valence-electron chi connectivity index (χ4n) is 0.765. The van der Waals surface area contributed by atoms with Crippen molar-refractivity contribution in [3.05, 3.63) is 25.3 Å². The fourth-order valence-corrected chi connectivity index (χ4v) is 1.48. The lowest BCUT2D eigenvalue weighted by atomic mass is 10.3. The Morgan fingerprint density at radius 2 is 1.41 bits per heavy atom. The maximum absolute atomic E-state index is 11.2. The summed E-state index contributed by atoms with van der Waals surface area (Å²) >= 11 is 0. The minimum atomic E-state index is -4.20. The van der Waals surface area contributed by atoms with E-state index in [1.807, 2.05) is 0 Å². The smallest absolute Gasteiger partial charge is 0.302 e. The van der Waals surface area contributed by atoms with Gasteiger partial charge < -0.3 is 4.89 Å². The second-order valence-electron chi connectivity index (χ2n) is 2.98. The quantitative estimate of drug-likeness (QED) is 0.473. The normalized spacial score (nSPS) is 10.9. The Hall–Kier alpha value is -1.07. The summed E-state index contributed by atoms with van der Waals surface area (Å²) in [5.74, 6) is -0.598. The summed E-state index contributed by atoms with van der Waals surface area (Å²) in [4.78, 5) is 30.7. The third kappa shape index (κ3) is 8.71. The Bertz CT molecular complexity index is 319. The number of phosphoric acid groups is 1. The minimum absolute atomic E-state index is 0.0526. The summed E-state index contributed by atoms with van der Waals surface area (Å²) in [6.45, 7) is 5.99. The predicted molar refractivity (Wildman–Crippen MR) is 61.4 cm³/mol. The summed E-state index contributed by atoms with van der Waals surface area (Å²) < 4.78 is 20.2. The third-order valence-electron chi connectivity index (χ3n) is 1.66. The van der Waals surface area contributed by atoms with Crippen LogP contribution in [0, 0.1) is 0 Å². The Morgan fingerprint density at radius 3 is 1.71 bits per heavy atom. The van der Waals surface area contributed by atoms with E-state index in [9.17, 15) is 14.2 Å². The lowest BCUT2D eigenvalue weighted by Gasteiger charge is -2.10. The van der Waals surface area contributed by atoms with Crippen molar-refractivity contribution in [2.75, 3.05) is 13.2 Å². The Balaban J connectivity index is 3.83. The molecule has 0 amide bonds.